The van der Waals surface area contributed by atoms with E-state index in [9.17, 15) is 8.78 Å². The van der Waals surface area contributed by atoms with Crippen LogP contribution in [-0.2, 0) is 4.74 Å². The van der Waals surface area contributed by atoms with Gasteiger partial charge in [0.1, 0.15) is 0 Å². The van der Waals surface area contributed by atoms with Crippen molar-refractivity contribution in [2.75, 3.05) is 20.3 Å². The van der Waals surface area contributed by atoms with E-state index in [1.54, 1.807) is 20.1 Å². The van der Waals surface area contributed by atoms with Gasteiger partial charge in [-0.2, -0.15) is 4.39 Å². The zero-order chi connectivity index (χ0) is 22.8. The minimum atomic E-state index is -0.932. The van der Waals surface area contributed by atoms with Gasteiger partial charge in [-0.15, -0.1) is 0 Å². The Balaban J connectivity index is 1.50. The predicted molar refractivity (Wildman–Crippen MR) is 128 cm³/mol. The van der Waals surface area contributed by atoms with Gasteiger partial charge in [-0.25, -0.2) is 4.39 Å². The molecule has 3 rings (SSSR count). The number of halogens is 2. The molecule has 0 amide bonds. The van der Waals surface area contributed by atoms with Crippen LogP contribution in [0.5, 0.6) is 5.75 Å². The van der Waals surface area contributed by atoms with Crippen LogP contribution in [0.15, 0.2) is 42.5 Å². The first-order valence-electron chi connectivity index (χ1n) is 12.0. The Morgan fingerprint density at radius 3 is 2.34 bits per heavy atom. The molecule has 4 heteroatoms. The summed E-state index contributed by atoms with van der Waals surface area (Å²) in [5, 5.41) is 0. The Morgan fingerprint density at radius 2 is 1.66 bits per heavy atom. The van der Waals surface area contributed by atoms with Crippen LogP contribution in [0.25, 0.3) is 17.2 Å². The number of methoxy groups -OCH3 is 1. The van der Waals surface area contributed by atoms with Crippen molar-refractivity contribution >= 4 is 6.08 Å². The highest BCUT2D eigenvalue weighted by Crippen LogP contribution is 2.33. The first-order chi connectivity index (χ1) is 15.6. The summed E-state index contributed by atoms with van der Waals surface area (Å²) in [6.45, 7) is 2.92. The van der Waals surface area contributed by atoms with Crippen molar-refractivity contribution < 1.29 is 18.3 Å². The summed E-state index contributed by atoms with van der Waals surface area (Å²) >= 11 is 0. The molecule has 0 bridgehead atoms. The molecular formula is C28H36F2O2. The van der Waals surface area contributed by atoms with Crippen LogP contribution in [0.4, 0.5) is 8.78 Å². The molecule has 1 saturated carbocycles. The zero-order valence-corrected chi connectivity index (χ0v) is 19.4. The molecule has 0 heterocycles. The number of hydrogen-bond acceptors (Lipinski definition) is 2. The third-order valence-corrected chi connectivity index (χ3v) is 6.48. The van der Waals surface area contributed by atoms with Gasteiger partial charge in [-0.3, -0.25) is 0 Å². The topological polar surface area (TPSA) is 18.5 Å². The van der Waals surface area contributed by atoms with Crippen LogP contribution in [0.2, 0.25) is 0 Å². The molecule has 2 aromatic carbocycles. The minimum Gasteiger partial charge on any atom is -0.491 e. The van der Waals surface area contributed by atoms with E-state index >= 15 is 0 Å². The average molecular weight is 443 g/mol. The molecule has 2 nitrogen and oxygen atoms in total. The van der Waals surface area contributed by atoms with Gasteiger partial charge in [0, 0.05) is 19.3 Å². The van der Waals surface area contributed by atoms with Gasteiger partial charge in [0.2, 0.25) is 5.82 Å². The van der Waals surface area contributed by atoms with Crippen molar-refractivity contribution in [3.63, 3.8) is 0 Å². The van der Waals surface area contributed by atoms with Crippen molar-refractivity contribution in [2.45, 2.75) is 58.3 Å². The maximum absolute atomic E-state index is 14.5. The fraction of sp³-hybridized carbons (Fsp3) is 0.500. The van der Waals surface area contributed by atoms with E-state index < -0.39 is 11.6 Å². The Kier molecular flexibility index (Phi) is 9.73. The summed E-state index contributed by atoms with van der Waals surface area (Å²) in [4.78, 5) is 0. The van der Waals surface area contributed by atoms with E-state index in [2.05, 4.69) is 12.2 Å². The Hall–Kier alpha value is -2.20. The second-order valence-corrected chi connectivity index (χ2v) is 8.78. The molecule has 1 fully saturated rings. The van der Waals surface area contributed by atoms with E-state index in [-0.39, 0.29) is 11.3 Å². The van der Waals surface area contributed by atoms with Crippen LogP contribution >= 0.6 is 0 Å². The standard InChI is InChI=1S/C28H36F2O2/c1-3-32-26-19-18-25(27(29)28(26)30)24-16-14-23(15-17-24)13-12-22-10-8-21(9-11-22)7-5-4-6-20-31-2/h12-19,21-22H,3-11,20H2,1-2H3. The van der Waals surface area contributed by atoms with Crippen LogP contribution in [0.3, 0.4) is 0 Å². The van der Waals surface area contributed by atoms with Crippen LogP contribution < -0.4 is 4.74 Å². The van der Waals surface area contributed by atoms with Gasteiger partial charge in [0.25, 0.3) is 0 Å². The Morgan fingerprint density at radius 1 is 0.906 bits per heavy atom. The van der Waals surface area contributed by atoms with Crippen LogP contribution in [0.1, 0.15) is 63.9 Å². The third kappa shape index (κ3) is 6.90. The van der Waals surface area contributed by atoms with Crippen LogP contribution in [-0.4, -0.2) is 20.3 Å². The normalized spacial score (nSPS) is 18.9. The fourth-order valence-electron chi connectivity index (χ4n) is 4.57. The number of rotatable bonds is 11. The van der Waals surface area contributed by atoms with Gasteiger partial charge in [-0.05, 0) is 74.1 Å². The molecule has 0 aliphatic heterocycles. The lowest BCUT2D eigenvalue weighted by molar-refractivity contribution is 0.190. The summed E-state index contributed by atoms with van der Waals surface area (Å²) in [5.74, 6) is -0.328. The second kappa shape index (κ2) is 12.7. The highest BCUT2D eigenvalue weighted by atomic mass is 19.2. The highest BCUT2D eigenvalue weighted by Gasteiger charge is 2.19. The third-order valence-electron chi connectivity index (χ3n) is 6.48. The van der Waals surface area contributed by atoms with Crippen LogP contribution in [0, 0.1) is 23.5 Å². The predicted octanol–water partition coefficient (Wildman–Crippen LogP) is 8.06. The van der Waals surface area contributed by atoms with E-state index in [1.807, 2.05) is 24.3 Å². The lowest BCUT2D eigenvalue weighted by atomic mass is 9.79. The van der Waals surface area contributed by atoms with E-state index in [0.29, 0.717) is 18.1 Å². The molecule has 1 aliphatic rings. The maximum atomic E-state index is 14.5. The summed E-state index contributed by atoms with van der Waals surface area (Å²) in [6, 6.07) is 10.7. The quantitative estimate of drug-likeness (QED) is 0.328. The summed E-state index contributed by atoms with van der Waals surface area (Å²) in [5.41, 5.74) is 2.00. The van der Waals surface area contributed by atoms with Crippen molar-refractivity contribution in [1.29, 1.82) is 0 Å². The molecule has 0 saturated heterocycles. The number of hydrogen-bond donors (Lipinski definition) is 0. The van der Waals surface area contributed by atoms with Crippen molar-refractivity contribution in [3.05, 3.63) is 59.7 Å². The van der Waals surface area contributed by atoms with Gasteiger partial charge in [-0.1, -0.05) is 55.7 Å². The molecule has 0 spiro atoms. The molecule has 0 radical (unpaired) electrons. The second-order valence-electron chi connectivity index (χ2n) is 8.78. The average Bonchev–Trinajstić information content (AvgIpc) is 2.82. The Labute approximate surface area is 191 Å². The van der Waals surface area contributed by atoms with Gasteiger partial charge in [0.05, 0.1) is 6.61 Å². The fourth-order valence-corrected chi connectivity index (χ4v) is 4.57. The SMILES string of the molecule is CCOc1ccc(-c2ccc(C=CC3CCC(CCCCCOC)CC3)cc2)c(F)c1F. The largest absolute Gasteiger partial charge is 0.491 e. The van der Waals surface area contributed by atoms with Crippen molar-refractivity contribution in [1.82, 2.24) is 0 Å². The van der Waals surface area contributed by atoms with Gasteiger partial charge in [0.15, 0.2) is 11.6 Å². The molecule has 0 N–H and O–H groups in total. The zero-order valence-electron chi connectivity index (χ0n) is 19.4. The first kappa shape index (κ1) is 24.4. The molecular weight excluding hydrogens is 406 g/mol. The monoisotopic (exact) mass is 442 g/mol. The molecule has 0 unspecified atom stereocenters. The summed E-state index contributed by atoms with van der Waals surface area (Å²) < 4.78 is 38.9. The van der Waals surface area contributed by atoms with Gasteiger partial charge >= 0.3 is 0 Å². The molecule has 174 valence electrons. The minimum absolute atomic E-state index is 0.0471. The lowest BCUT2D eigenvalue weighted by Gasteiger charge is -2.26. The highest BCUT2D eigenvalue weighted by molar-refractivity contribution is 5.67. The van der Waals surface area contributed by atoms with Crippen molar-refractivity contribution in [3.8, 4) is 16.9 Å². The van der Waals surface area contributed by atoms with E-state index in [4.69, 9.17) is 9.47 Å². The molecule has 2 aromatic rings. The molecule has 0 atom stereocenters. The molecule has 0 aromatic heterocycles. The Bertz CT molecular complexity index is 852. The number of benzene rings is 2. The van der Waals surface area contributed by atoms with Crippen molar-refractivity contribution in [2.24, 2.45) is 11.8 Å². The number of ether oxygens (including phenoxy) is 2. The molecule has 32 heavy (non-hydrogen) atoms. The molecule has 1 aliphatic carbocycles. The van der Waals surface area contributed by atoms with E-state index in [0.717, 1.165) is 18.1 Å². The smallest absolute Gasteiger partial charge is 0.201 e. The van der Waals surface area contributed by atoms with Gasteiger partial charge < -0.3 is 9.47 Å². The maximum Gasteiger partial charge on any atom is 0.201 e. The van der Waals surface area contributed by atoms with E-state index in [1.165, 1.54) is 57.4 Å². The number of allylic oxidation sites excluding steroid dienone is 1. The summed E-state index contributed by atoms with van der Waals surface area (Å²) in [6.07, 6.45) is 14.8. The lowest BCUT2D eigenvalue weighted by Crippen LogP contribution is -2.13. The first-order valence-corrected chi connectivity index (χ1v) is 12.0. The number of unbranched alkanes of at least 4 members (excludes halogenated alkanes) is 2. The summed E-state index contributed by atoms with van der Waals surface area (Å²) in [7, 11) is 1.77.